The van der Waals surface area contributed by atoms with Crippen LogP contribution >= 0.6 is 0 Å². The molecule has 4 amide bonds. The van der Waals surface area contributed by atoms with Crippen LogP contribution in [0, 0.1) is 13.8 Å². The van der Waals surface area contributed by atoms with Crippen LogP contribution in [0.1, 0.15) is 16.7 Å². The molecule has 0 aliphatic carbocycles. The number of fused-ring (bicyclic) bond motifs is 1. The highest BCUT2D eigenvalue weighted by atomic mass is 16.5. The molecule has 3 aromatic rings. The Balaban J connectivity index is 1.86. The average molecular weight is 400 g/mol. The van der Waals surface area contributed by atoms with Gasteiger partial charge in [0.2, 0.25) is 0 Å². The molecular weight excluding hydrogens is 380 g/mol. The number of rotatable bonds is 3. The predicted octanol–water partition coefficient (Wildman–Crippen LogP) is 4.13. The first kappa shape index (κ1) is 19.4. The zero-order valence-electron chi connectivity index (χ0n) is 16.9. The van der Waals surface area contributed by atoms with Gasteiger partial charge < -0.3 is 4.74 Å². The number of nitrogens with one attached hydrogen (secondary N) is 1. The van der Waals surface area contributed by atoms with E-state index in [1.54, 1.807) is 18.2 Å². The Hall–Kier alpha value is -3.93. The van der Waals surface area contributed by atoms with E-state index in [1.807, 2.05) is 50.2 Å². The van der Waals surface area contributed by atoms with E-state index in [4.69, 9.17) is 4.74 Å². The monoisotopic (exact) mass is 400 g/mol. The number of hydrogen-bond acceptors (Lipinski definition) is 4. The van der Waals surface area contributed by atoms with Crippen molar-refractivity contribution in [3.63, 3.8) is 0 Å². The highest BCUT2D eigenvalue weighted by molar-refractivity contribution is 6.39. The number of ether oxygens (including phenoxy) is 1. The van der Waals surface area contributed by atoms with E-state index in [0.29, 0.717) is 17.0 Å². The van der Waals surface area contributed by atoms with Crippen LogP contribution in [0.5, 0.6) is 5.75 Å². The second kappa shape index (κ2) is 7.48. The summed E-state index contributed by atoms with van der Waals surface area (Å²) in [6, 6.07) is 15.8. The smallest absolute Gasteiger partial charge is 0.335 e. The Labute approximate surface area is 173 Å². The number of carbonyl (C=O) groups excluding carboxylic acids is 3. The molecule has 1 heterocycles. The van der Waals surface area contributed by atoms with E-state index < -0.39 is 17.8 Å². The minimum atomic E-state index is -0.768. The van der Waals surface area contributed by atoms with Crippen LogP contribution in [0.2, 0.25) is 0 Å². The van der Waals surface area contributed by atoms with Gasteiger partial charge in [-0.05, 0) is 60.0 Å². The molecule has 3 aromatic carbocycles. The van der Waals surface area contributed by atoms with Crippen LogP contribution in [0.15, 0.2) is 60.2 Å². The predicted molar refractivity (Wildman–Crippen MR) is 115 cm³/mol. The molecule has 150 valence electrons. The van der Waals surface area contributed by atoms with E-state index in [0.717, 1.165) is 26.8 Å². The molecule has 1 aliphatic rings. The standard InChI is InChI=1S/C24H20N2O4/c1-14-8-10-17(12-15(14)2)26-23(28)20(22(27)25-24(26)29)13-19-18-7-5-4-6-16(18)9-11-21(19)30-3/h4-13H,1-3H3,(H,25,27,29)/b20-13+. The number of nitrogens with zero attached hydrogens (tertiary/aromatic N) is 1. The van der Waals surface area contributed by atoms with Crippen LogP contribution in [0.3, 0.4) is 0 Å². The molecule has 0 unspecified atom stereocenters. The van der Waals surface area contributed by atoms with Crippen LogP contribution in [-0.2, 0) is 9.59 Å². The third-order valence-electron chi connectivity index (χ3n) is 5.29. The van der Waals surface area contributed by atoms with Gasteiger partial charge in [0.15, 0.2) is 0 Å². The number of urea groups is 1. The number of hydrogen-bond donors (Lipinski definition) is 1. The van der Waals surface area contributed by atoms with Gasteiger partial charge >= 0.3 is 6.03 Å². The fourth-order valence-corrected chi connectivity index (χ4v) is 3.50. The van der Waals surface area contributed by atoms with Crippen LogP contribution in [0.4, 0.5) is 10.5 Å². The average Bonchev–Trinajstić information content (AvgIpc) is 2.73. The molecule has 6 nitrogen and oxygen atoms in total. The van der Waals surface area contributed by atoms with Gasteiger partial charge in [0.25, 0.3) is 11.8 Å². The van der Waals surface area contributed by atoms with Gasteiger partial charge in [-0.15, -0.1) is 0 Å². The Kier molecular flexibility index (Phi) is 4.83. The third-order valence-corrected chi connectivity index (χ3v) is 5.29. The van der Waals surface area contributed by atoms with E-state index in [1.165, 1.54) is 13.2 Å². The maximum absolute atomic E-state index is 13.2. The SMILES string of the molecule is COc1ccc2ccccc2c1/C=C1\C(=O)NC(=O)N(c2ccc(C)c(C)c2)C1=O. The minimum absolute atomic E-state index is 0.137. The number of aryl methyl sites for hydroxylation is 2. The fourth-order valence-electron chi connectivity index (χ4n) is 3.50. The summed E-state index contributed by atoms with van der Waals surface area (Å²) < 4.78 is 5.46. The normalized spacial score (nSPS) is 15.6. The molecule has 0 atom stereocenters. The highest BCUT2D eigenvalue weighted by Gasteiger charge is 2.37. The van der Waals surface area contributed by atoms with Gasteiger partial charge in [0, 0.05) is 5.56 Å². The third kappa shape index (κ3) is 3.22. The highest BCUT2D eigenvalue weighted by Crippen LogP contribution is 2.31. The first-order chi connectivity index (χ1) is 14.4. The van der Waals surface area contributed by atoms with Gasteiger partial charge in [-0.25, -0.2) is 9.69 Å². The lowest BCUT2D eigenvalue weighted by atomic mass is 9.99. The number of barbiturate groups is 1. The van der Waals surface area contributed by atoms with Gasteiger partial charge in [-0.2, -0.15) is 0 Å². The first-order valence-corrected chi connectivity index (χ1v) is 9.45. The van der Waals surface area contributed by atoms with Crippen molar-refractivity contribution in [2.24, 2.45) is 0 Å². The minimum Gasteiger partial charge on any atom is -0.496 e. The van der Waals surface area contributed by atoms with Gasteiger partial charge in [-0.3, -0.25) is 14.9 Å². The molecular formula is C24H20N2O4. The van der Waals surface area contributed by atoms with Gasteiger partial charge in [-0.1, -0.05) is 36.4 Å². The summed E-state index contributed by atoms with van der Waals surface area (Å²) in [6.07, 6.45) is 1.49. The number of methoxy groups -OCH3 is 1. The summed E-state index contributed by atoms with van der Waals surface area (Å²) in [6.45, 7) is 3.84. The molecule has 1 saturated heterocycles. The topological polar surface area (TPSA) is 75.7 Å². The summed E-state index contributed by atoms with van der Waals surface area (Å²) in [5.74, 6) is -0.890. The molecule has 6 heteroatoms. The lowest BCUT2D eigenvalue weighted by Gasteiger charge is -2.27. The summed E-state index contributed by atoms with van der Waals surface area (Å²) in [5, 5.41) is 4.04. The van der Waals surface area contributed by atoms with E-state index in [9.17, 15) is 14.4 Å². The van der Waals surface area contributed by atoms with Crippen molar-refractivity contribution < 1.29 is 19.1 Å². The number of benzene rings is 3. The summed E-state index contributed by atoms with van der Waals surface area (Å²) in [4.78, 5) is 39.2. The lowest BCUT2D eigenvalue weighted by Crippen LogP contribution is -2.54. The number of amides is 4. The number of carbonyl (C=O) groups is 3. The zero-order valence-corrected chi connectivity index (χ0v) is 16.9. The molecule has 0 aromatic heterocycles. The molecule has 1 N–H and O–H groups in total. The van der Waals surface area contributed by atoms with E-state index in [2.05, 4.69) is 5.32 Å². The van der Waals surface area contributed by atoms with Crippen molar-refractivity contribution in [1.29, 1.82) is 0 Å². The van der Waals surface area contributed by atoms with Crippen molar-refractivity contribution in [1.82, 2.24) is 5.32 Å². The van der Waals surface area contributed by atoms with Gasteiger partial charge in [0.05, 0.1) is 12.8 Å². The van der Waals surface area contributed by atoms with Crippen molar-refractivity contribution in [3.8, 4) is 5.75 Å². The zero-order chi connectivity index (χ0) is 21.4. The summed E-state index contributed by atoms with van der Waals surface area (Å²) in [5.41, 5.74) is 2.84. The maximum Gasteiger partial charge on any atom is 0.335 e. The van der Waals surface area contributed by atoms with Crippen molar-refractivity contribution in [3.05, 3.63) is 76.9 Å². The van der Waals surface area contributed by atoms with Gasteiger partial charge in [0.1, 0.15) is 11.3 Å². The lowest BCUT2D eigenvalue weighted by molar-refractivity contribution is -0.122. The number of imide groups is 2. The Bertz CT molecular complexity index is 1240. The Morgan fingerprint density at radius 2 is 1.70 bits per heavy atom. The van der Waals surface area contributed by atoms with Crippen molar-refractivity contribution in [2.45, 2.75) is 13.8 Å². The molecule has 0 radical (unpaired) electrons. The van der Waals surface area contributed by atoms with Crippen LogP contribution < -0.4 is 15.0 Å². The molecule has 0 bridgehead atoms. The Morgan fingerprint density at radius 3 is 2.43 bits per heavy atom. The summed E-state index contributed by atoms with van der Waals surface area (Å²) >= 11 is 0. The maximum atomic E-state index is 13.2. The fraction of sp³-hybridized carbons (Fsp3) is 0.125. The Morgan fingerprint density at radius 1 is 0.933 bits per heavy atom. The molecule has 1 aliphatic heterocycles. The van der Waals surface area contributed by atoms with E-state index >= 15 is 0 Å². The second-order valence-corrected chi connectivity index (χ2v) is 7.13. The summed E-state index contributed by atoms with van der Waals surface area (Å²) in [7, 11) is 1.53. The quantitative estimate of drug-likeness (QED) is 0.530. The van der Waals surface area contributed by atoms with Crippen molar-refractivity contribution >= 4 is 40.4 Å². The first-order valence-electron chi connectivity index (χ1n) is 9.45. The number of anilines is 1. The second-order valence-electron chi connectivity index (χ2n) is 7.13. The molecule has 0 saturated carbocycles. The molecule has 0 spiro atoms. The molecule has 30 heavy (non-hydrogen) atoms. The van der Waals surface area contributed by atoms with Crippen molar-refractivity contribution in [2.75, 3.05) is 12.0 Å². The van der Waals surface area contributed by atoms with Crippen LogP contribution in [0.25, 0.3) is 16.8 Å². The van der Waals surface area contributed by atoms with Crippen LogP contribution in [-0.4, -0.2) is 25.0 Å². The largest absolute Gasteiger partial charge is 0.496 e. The van der Waals surface area contributed by atoms with E-state index in [-0.39, 0.29) is 5.57 Å². The molecule has 4 rings (SSSR count). The molecule has 1 fully saturated rings.